The SMILES string of the molecule is O=C(CC(=O)C(F)(F)C(F)(F)F)C(F)(F)C(F)(F)F.O=C(CC(=O)C(F)(F)C(F)(F)F)C(F)(F)C(F)(F)F. The molecule has 0 saturated carbocycles. The van der Waals surface area contributed by atoms with Gasteiger partial charge in [-0.3, -0.25) is 19.2 Å². The van der Waals surface area contributed by atoms with E-state index in [2.05, 4.69) is 0 Å². The highest BCUT2D eigenvalue weighted by Crippen LogP contribution is 2.42. The lowest BCUT2D eigenvalue weighted by Gasteiger charge is -2.20. The fraction of sp³-hybridized carbons (Fsp3) is 0.714. The molecule has 0 radical (unpaired) electrons. The average Bonchev–Trinajstić information content (AvgIpc) is 2.64. The zero-order chi connectivity index (χ0) is 31.7. The minimum absolute atomic E-state index is 2.90. The van der Waals surface area contributed by atoms with Crippen LogP contribution < -0.4 is 0 Å². The van der Waals surface area contributed by atoms with Gasteiger partial charge in [0.1, 0.15) is 0 Å². The molecule has 0 saturated heterocycles. The third-order valence-corrected chi connectivity index (χ3v) is 3.47. The highest BCUT2D eigenvalue weighted by molar-refractivity contribution is 6.06. The molecule has 24 heteroatoms. The first-order chi connectivity index (χ1) is 16.1. The summed E-state index contributed by atoms with van der Waals surface area (Å²) in [6.45, 7) is 0. The highest BCUT2D eigenvalue weighted by atomic mass is 19.4. The Morgan fingerprint density at radius 2 is 0.395 bits per heavy atom. The van der Waals surface area contributed by atoms with Crippen molar-refractivity contribution in [2.24, 2.45) is 0 Å². The molecule has 38 heavy (non-hydrogen) atoms. The van der Waals surface area contributed by atoms with E-state index in [0.29, 0.717) is 0 Å². The number of ketones is 4. The van der Waals surface area contributed by atoms with Gasteiger partial charge in [0.2, 0.25) is 23.1 Å². The summed E-state index contributed by atoms with van der Waals surface area (Å²) in [5.41, 5.74) is 0. The fourth-order valence-corrected chi connectivity index (χ4v) is 1.37. The minimum Gasteiger partial charge on any atom is -0.292 e. The Bertz CT molecular complexity index is 755. The summed E-state index contributed by atoms with van der Waals surface area (Å²) in [6, 6.07) is 0. The molecule has 0 rings (SSSR count). The van der Waals surface area contributed by atoms with Gasteiger partial charge in [0, 0.05) is 0 Å². The maximum Gasteiger partial charge on any atom is 0.461 e. The number of rotatable bonds is 8. The van der Waals surface area contributed by atoms with Crippen LogP contribution in [0.1, 0.15) is 12.8 Å². The van der Waals surface area contributed by atoms with Gasteiger partial charge in [-0.15, -0.1) is 0 Å². The van der Waals surface area contributed by atoms with Crippen LogP contribution in [0.25, 0.3) is 0 Å². The van der Waals surface area contributed by atoms with Crippen LogP contribution in [0.5, 0.6) is 0 Å². The van der Waals surface area contributed by atoms with Gasteiger partial charge in [0.05, 0.1) is 12.8 Å². The fourth-order valence-electron chi connectivity index (χ4n) is 1.37. The van der Waals surface area contributed by atoms with Crippen molar-refractivity contribution < 1.29 is 107 Å². The van der Waals surface area contributed by atoms with E-state index in [4.69, 9.17) is 0 Å². The van der Waals surface area contributed by atoms with Crippen LogP contribution >= 0.6 is 0 Å². The van der Waals surface area contributed by atoms with Crippen LogP contribution in [-0.4, -0.2) is 71.5 Å². The van der Waals surface area contributed by atoms with Crippen LogP contribution in [0.2, 0.25) is 0 Å². The number of hydrogen-bond donors (Lipinski definition) is 0. The van der Waals surface area contributed by atoms with Crippen molar-refractivity contribution in [2.75, 3.05) is 0 Å². The van der Waals surface area contributed by atoms with Crippen LogP contribution in [0.3, 0.4) is 0 Å². The molecule has 0 amide bonds. The van der Waals surface area contributed by atoms with Gasteiger partial charge < -0.3 is 0 Å². The summed E-state index contributed by atoms with van der Waals surface area (Å²) < 4.78 is 237. The van der Waals surface area contributed by atoms with E-state index in [0.717, 1.165) is 0 Å². The van der Waals surface area contributed by atoms with Crippen molar-refractivity contribution in [2.45, 2.75) is 61.2 Å². The van der Waals surface area contributed by atoms with E-state index in [1.54, 1.807) is 0 Å². The Balaban J connectivity index is 0. The zero-order valence-electron chi connectivity index (χ0n) is 16.6. The van der Waals surface area contributed by atoms with E-state index in [9.17, 15) is 107 Å². The lowest BCUT2D eigenvalue weighted by Crippen LogP contribution is -2.49. The molecule has 0 aliphatic carbocycles. The zero-order valence-corrected chi connectivity index (χ0v) is 16.6. The number of hydrogen-bond acceptors (Lipinski definition) is 4. The second-order valence-corrected chi connectivity index (χ2v) is 6.33. The molecule has 0 heterocycles. The van der Waals surface area contributed by atoms with E-state index in [1.807, 2.05) is 0 Å². The predicted octanol–water partition coefficient (Wildman–Crippen LogP) is 5.82. The van der Waals surface area contributed by atoms with Crippen LogP contribution in [-0.2, 0) is 19.2 Å². The molecule has 0 fully saturated rings. The quantitative estimate of drug-likeness (QED) is 0.255. The van der Waals surface area contributed by atoms with Gasteiger partial charge in [0.15, 0.2) is 0 Å². The first-order valence-electron chi connectivity index (χ1n) is 8.01. The molecular formula is C14H4F20O4. The summed E-state index contributed by atoms with van der Waals surface area (Å²) in [7, 11) is 0. The molecule has 0 bridgehead atoms. The Hall–Kier alpha value is -2.72. The van der Waals surface area contributed by atoms with Crippen molar-refractivity contribution in [3.63, 3.8) is 0 Å². The number of carbonyl (C=O) groups is 4. The first-order valence-corrected chi connectivity index (χ1v) is 8.01. The summed E-state index contributed by atoms with van der Waals surface area (Å²) in [5.74, 6) is -38.3. The van der Waals surface area contributed by atoms with Crippen molar-refractivity contribution in [1.82, 2.24) is 0 Å². The van der Waals surface area contributed by atoms with Crippen LogP contribution in [0, 0.1) is 0 Å². The summed E-state index contributed by atoms with van der Waals surface area (Å²) >= 11 is 0. The van der Waals surface area contributed by atoms with Gasteiger partial charge in [-0.1, -0.05) is 0 Å². The van der Waals surface area contributed by atoms with E-state index < -0.39 is 84.4 Å². The largest absolute Gasteiger partial charge is 0.461 e. The van der Waals surface area contributed by atoms with E-state index in [-0.39, 0.29) is 0 Å². The minimum atomic E-state index is -6.50. The third-order valence-electron chi connectivity index (χ3n) is 3.47. The van der Waals surface area contributed by atoms with Gasteiger partial charge in [0.25, 0.3) is 0 Å². The van der Waals surface area contributed by atoms with Gasteiger partial charge in [-0.25, -0.2) is 0 Å². The average molecular weight is 616 g/mol. The Kier molecular flexibility index (Phi) is 10.6. The highest BCUT2D eigenvalue weighted by Gasteiger charge is 2.68. The second-order valence-electron chi connectivity index (χ2n) is 6.33. The summed E-state index contributed by atoms with van der Waals surface area (Å²) in [4.78, 5) is 41.2. The van der Waals surface area contributed by atoms with Crippen LogP contribution in [0.15, 0.2) is 0 Å². The maximum absolute atomic E-state index is 12.2. The lowest BCUT2D eigenvalue weighted by molar-refractivity contribution is -0.274. The normalized spacial score (nSPS) is 14.4. The predicted molar refractivity (Wildman–Crippen MR) is 73.3 cm³/mol. The van der Waals surface area contributed by atoms with Gasteiger partial charge in [-0.05, 0) is 0 Å². The summed E-state index contributed by atoms with van der Waals surface area (Å²) in [5, 5.41) is 0. The monoisotopic (exact) mass is 616 g/mol. The lowest BCUT2D eigenvalue weighted by atomic mass is 10.0. The number of Topliss-reactive ketones (excluding diaryl/α,β-unsaturated/α-hetero) is 4. The number of alkyl halides is 20. The van der Waals surface area contributed by atoms with Crippen molar-refractivity contribution >= 4 is 23.1 Å². The molecular weight excluding hydrogens is 612 g/mol. The molecule has 0 aliphatic rings. The van der Waals surface area contributed by atoms with Crippen LogP contribution in [0.4, 0.5) is 87.8 Å². The molecule has 0 N–H and O–H groups in total. The Morgan fingerprint density at radius 1 is 0.289 bits per heavy atom. The third kappa shape index (κ3) is 8.14. The van der Waals surface area contributed by atoms with E-state index in [1.165, 1.54) is 0 Å². The Labute approximate surface area is 192 Å². The van der Waals surface area contributed by atoms with E-state index >= 15 is 0 Å². The van der Waals surface area contributed by atoms with Gasteiger partial charge in [-0.2, -0.15) is 87.8 Å². The van der Waals surface area contributed by atoms with Crippen molar-refractivity contribution in [3.8, 4) is 0 Å². The maximum atomic E-state index is 12.2. The Morgan fingerprint density at radius 3 is 0.474 bits per heavy atom. The molecule has 0 unspecified atom stereocenters. The molecule has 0 aromatic rings. The number of halogens is 20. The summed E-state index contributed by atoms with van der Waals surface area (Å²) in [6.07, 6.45) is -31.8. The molecule has 0 aromatic carbocycles. The van der Waals surface area contributed by atoms with Crippen molar-refractivity contribution in [3.05, 3.63) is 0 Å². The molecule has 0 spiro atoms. The topological polar surface area (TPSA) is 68.3 Å². The smallest absolute Gasteiger partial charge is 0.292 e. The molecule has 0 aromatic heterocycles. The number of carbonyl (C=O) groups excluding carboxylic acids is 4. The molecule has 0 atom stereocenters. The van der Waals surface area contributed by atoms with Gasteiger partial charge >= 0.3 is 48.4 Å². The van der Waals surface area contributed by atoms with Crippen molar-refractivity contribution in [1.29, 1.82) is 0 Å². The first kappa shape index (κ1) is 37.4. The second kappa shape index (κ2) is 10.8. The molecule has 224 valence electrons. The molecule has 4 nitrogen and oxygen atoms in total. The standard InChI is InChI=1S/2C7H2F10O2/c2*8-4(9,6(12,13)14)2(18)1-3(19)5(10,11)7(15,16)17/h2*1H2. The molecule has 0 aliphatic heterocycles.